The molecule has 3 N–H and O–H groups in total. The van der Waals surface area contributed by atoms with Crippen molar-refractivity contribution in [2.75, 3.05) is 6.54 Å². The number of halogens is 2. The van der Waals surface area contributed by atoms with Crippen molar-refractivity contribution >= 4 is 17.8 Å². The standard InChI is InChI=1S/C26H36F2N4O3/c1-6-25(7-2)13-19(33)32(23(29)31-25)14-15(3)20-21(26(20,27)28)22(34)30-17-12-24(4,5)35-18-11-9-8-10-16(17)18/h8-11,15,17,20-21H,6-7,12-14H2,1-5H3,(H2,29,31)(H,30,34)/t15-,17-,20?,21?/m0/s1. The van der Waals surface area contributed by atoms with E-state index in [0.717, 1.165) is 5.56 Å². The number of nitrogens with one attached hydrogen (secondary N) is 1. The Hall–Kier alpha value is -2.71. The van der Waals surface area contributed by atoms with Crippen LogP contribution in [0.3, 0.4) is 0 Å². The van der Waals surface area contributed by atoms with Crippen molar-refractivity contribution in [3.05, 3.63) is 29.8 Å². The first-order valence-corrected chi connectivity index (χ1v) is 12.5. The Morgan fingerprint density at radius 3 is 2.57 bits per heavy atom. The van der Waals surface area contributed by atoms with Crippen LogP contribution in [0.15, 0.2) is 29.3 Å². The van der Waals surface area contributed by atoms with Crippen molar-refractivity contribution in [2.45, 2.75) is 83.4 Å². The van der Waals surface area contributed by atoms with E-state index in [9.17, 15) is 18.4 Å². The number of guanidine groups is 1. The third-order valence-electron chi connectivity index (χ3n) is 7.89. The van der Waals surface area contributed by atoms with Gasteiger partial charge in [0.2, 0.25) is 11.8 Å². The zero-order valence-electron chi connectivity index (χ0n) is 21.1. The largest absolute Gasteiger partial charge is 0.487 e. The van der Waals surface area contributed by atoms with Crippen LogP contribution >= 0.6 is 0 Å². The number of carbonyl (C=O) groups is 2. The molecule has 0 spiro atoms. The summed E-state index contributed by atoms with van der Waals surface area (Å²) in [6, 6.07) is 6.92. The lowest BCUT2D eigenvalue weighted by Crippen LogP contribution is -2.52. The van der Waals surface area contributed by atoms with Gasteiger partial charge in [-0.3, -0.25) is 14.5 Å². The van der Waals surface area contributed by atoms with Crippen LogP contribution in [-0.2, 0) is 9.59 Å². The third kappa shape index (κ3) is 4.61. The molecule has 1 aromatic carbocycles. The number of carbonyl (C=O) groups excluding carboxylic acids is 2. The Morgan fingerprint density at radius 2 is 1.94 bits per heavy atom. The molecule has 0 radical (unpaired) electrons. The number of alkyl halides is 2. The van der Waals surface area contributed by atoms with Gasteiger partial charge in [-0.15, -0.1) is 0 Å². The molecule has 2 amide bonds. The number of para-hydroxylation sites is 1. The van der Waals surface area contributed by atoms with Crippen LogP contribution in [0, 0.1) is 17.8 Å². The fraction of sp³-hybridized carbons (Fsp3) is 0.654. The van der Waals surface area contributed by atoms with Gasteiger partial charge in [-0.1, -0.05) is 39.0 Å². The maximum absolute atomic E-state index is 14.9. The highest BCUT2D eigenvalue weighted by Crippen LogP contribution is 2.59. The van der Waals surface area contributed by atoms with Crippen molar-refractivity contribution < 1.29 is 23.1 Å². The van der Waals surface area contributed by atoms with Crippen molar-refractivity contribution in [1.29, 1.82) is 0 Å². The van der Waals surface area contributed by atoms with Gasteiger partial charge in [0.1, 0.15) is 17.3 Å². The number of amides is 2. The summed E-state index contributed by atoms with van der Waals surface area (Å²) in [6.07, 6.45) is 2.03. The molecule has 4 atom stereocenters. The minimum Gasteiger partial charge on any atom is -0.487 e. The van der Waals surface area contributed by atoms with E-state index in [-0.39, 0.29) is 24.8 Å². The van der Waals surface area contributed by atoms with Crippen molar-refractivity contribution in [2.24, 2.45) is 28.5 Å². The lowest BCUT2D eigenvalue weighted by atomic mass is 9.87. The van der Waals surface area contributed by atoms with Gasteiger partial charge in [-0.05, 0) is 38.7 Å². The molecule has 0 saturated heterocycles. The van der Waals surface area contributed by atoms with Crippen molar-refractivity contribution in [3.8, 4) is 5.75 Å². The van der Waals surface area contributed by atoms with Gasteiger partial charge in [0.05, 0.1) is 18.0 Å². The van der Waals surface area contributed by atoms with Crippen molar-refractivity contribution in [3.63, 3.8) is 0 Å². The Morgan fingerprint density at radius 1 is 1.29 bits per heavy atom. The van der Waals surface area contributed by atoms with E-state index in [1.54, 1.807) is 6.92 Å². The Labute approximate surface area is 205 Å². The second-order valence-electron chi connectivity index (χ2n) is 10.9. The molecule has 0 bridgehead atoms. The summed E-state index contributed by atoms with van der Waals surface area (Å²) < 4.78 is 35.8. The van der Waals surface area contributed by atoms with E-state index in [1.807, 2.05) is 52.0 Å². The number of hydrogen-bond donors (Lipinski definition) is 2. The summed E-state index contributed by atoms with van der Waals surface area (Å²) in [4.78, 5) is 31.7. The molecular weight excluding hydrogens is 454 g/mol. The summed E-state index contributed by atoms with van der Waals surface area (Å²) in [6.45, 7) is 9.38. The van der Waals surface area contributed by atoms with E-state index in [0.29, 0.717) is 25.0 Å². The van der Waals surface area contributed by atoms with Crippen LogP contribution in [0.5, 0.6) is 5.75 Å². The van der Waals surface area contributed by atoms with Crippen LogP contribution in [0.4, 0.5) is 8.78 Å². The van der Waals surface area contributed by atoms with Gasteiger partial charge in [0.25, 0.3) is 5.92 Å². The SMILES string of the molecule is CCC1(CC)CC(=O)N(C[C@H](C)C2C(C(=O)N[C@H]3CC(C)(C)Oc4ccccc43)C2(F)F)C(N)=N1. The molecule has 3 aliphatic rings. The molecule has 7 nitrogen and oxygen atoms in total. The second kappa shape index (κ2) is 8.75. The molecule has 4 rings (SSSR count). The Balaban J connectivity index is 1.46. The maximum Gasteiger partial charge on any atom is 0.264 e. The number of nitrogens with zero attached hydrogens (tertiary/aromatic N) is 2. The molecule has 35 heavy (non-hydrogen) atoms. The quantitative estimate of drug-likeness (QED) is 0.603. The zero-order valence-corrected chi connectivity index (χ0v) is 21.1. The fourth-order valence-electron chi connectivity index (χ4n) is 5.69. The monoisotopic (exact) mass is 490 g/mol. The highest BCUT2D eigenvalue weighted by atomic mass is 19.3. The van der Waals surface area contributed by atoms with Crippen LogP contribution in [0.25, 0.3) is 0 Å². The summed E-state index contributed by atoms with van der Waals surface area (Å²) in [5, 5.41) is 2.85. The van der Waals surface area contributed by atoms with Gasteiger partial charge < -0.3 is 15.8 Å². The molecule has 0 aromatic heterocycles. The van der Waals surface area contributed by atoms with Crippen LogP contribution in [0.1, 0.15) is 71.9 Å². The average molecular weight is 491 g/mol. The van der Waals surface area contributed by atoms with Crippen LogP contribution < -0.4 is 15.8 Å². The lowest BCUT2D eigenvalue weighted by molar-refractivity contribution is -0.130. The van der Waals surface area contributed by atoms with E-state index in [1.165, 1.54) is 4.90 Å². The first-order chi connectivity index (χ1) is 16.3. The van der Waals surface area contributed by atoms with E-state index in [4.69, 9.17) is 10.5 Å². The molecule has 1 aromatic rings. The molecule has 1 fully saturated rings. The van der Waals surface area contributed by atoms with E-state index < -0.39 is 46.8 Å². The van der Waals surface area contributed by atoms with Crippen LogP contribution in [0.2, 0.25) is 0 Å². The molecule has 2 aliphatic heterocycles. The number of ether oxygens (including phenoxy) is 1. The first-order valence-electron chi connectivity index (χ1n) is 12.5. The molecule has 2 unspecified atom stereocenters. The molecule has 1 saturated carbocycles. The summed E-state index contributed by atoms with van der Waals surface area (Å²) in [7, 11) is 0. The highest BCUT2D eigenvalue weighted by Gasteiger charge is 2.73. The smallest absolute Gasteiger partial charge is 0.264 e. The van der Waals surface area contributed by atoms with E-state index in [2.05, 4.69) is 10.3 Å². The summed E-state index contributed by atoms with van der Waals surface area (Å²) >= 11 is 0. The topological polar surface area (TPSA) is 97.0 Å². The van der Waals surface area contributed by atoms with Crippen LogP contribution in [-0.4, -0.2) is 46.3 Å². The minimum atomic E-state index is -3.15. The fourth-order valence-corrected chi connectivity index (χ4v) is 5.69. The molecule has 9 heteroatoms. The van der Waals surface area contributed by atoms with Gasteiger partial charge in [0.15, 0.2) is 5.96 Å². The molecule has 2 heterocycles. The number of hydrogen-bond acceptors (Lipinski definition) is 5. The zero-order chi connectivity index (χ0) is 25.8. The van der Waals surface area contributed by atoms with Gasteiger partial charge in [0, 0.05) is 24.4 Å². The molecule has 1 aliphatic carbocycles. The number of nitrogens with two attached hydrogens (primary N) is 1. The predicted molar refractivity (Wildman–Crippen MR) is 129 cm³/mol. The first kappa shape index (κ1) is 25.4. The van der Waals surface area contributed by atoms with Gasteiger partial charge >= 0.3 is 0 Å². The van der Waals surface area contributed by atoms with Gasteiger partial charge in [-0.25, -0.2) is 13.8 Å². The maximum atomic E-state index is 14.9. The number of aliphatic imine (C=N–C) groups is 1. The Bertz CT molecular complexity index is 1040. The molecular formula is C26H36F2N4O3. The Kier molecular flexibility index (Phi) is 6.34. The number of fused-ring (bicyclic) bond motifs is 1. The highest BCUT2D eigenvalue weighted by molar-refractivity contribution is 5.99. The number of rotatable bonds is 7. The summed E-state index contributed by atoms with van der Waals surface area (Å²) in [5.74, 6) is -6.56. The van der Waals surface area contributed by atoms with E-state index >= 15 is 0 Å². The number of benzene rings is 1. The normalized spacial score (nSPS) is 28.9. The molecule has 192 valence electrons. The summed E-state index contributed by atoms with van der Waals surface area (Å²) in [5.41, 5.74) is 5.82. The van der Waals surface area contributed by atoms with Gasteiger partial charge in [-0.2, -0.15) is 0 Å². The second-order valence-corrected chi connectivity index (χ2v) is 10.9. The average Bonchev–Trinajstić information content (AvgIpc) is 3.37. The van der Waals surface area contributed by atoms with Crippen molar-refractivity contribution in [1.82, 2.24) is 10.2 Å². The minimum absolute atomic E-state index is 0.00877. The lowest BCUT2D eigenvalue weighted by Gasteiger charge is -2.38. The third-order valence-corrected chi connectivity index (χ3v) is 7.89. The predicted octanol–water partition coefficient (Wildman–Crippen LogP) is 4.03.